The first-order chi connectivity index (χ1) is 23.1. The standard InChI is InChI=1S/C31H32ClF8N7O3/c1-28(2,3)12-13-42-26(41)46(25(48)17-4-7-19(8-5-17)30(35,36)37)22(15-50-27(49)45-29(10-11-29)31(38,39)40)18-6-9-20(32)21(14-18)47-24(23(33)34)43-16-44-47/h4-9,14,16,22-23H,10-13,15H2,1-3H3,(H2,41,42)(H,45,49)/t22-/m1/s1. The van der Waals surface area contributed by atoms with E-state index in [-0.39, 0.29) is 33.8 Å². The molecule has 1 atom stereocenters. The van der Waals surface area contributed by atoms with Crippen LogP contribution in [0.4, 0.5) is 39.9 Å². The number of nitrogens with two attached hydrogens (primary N) is 1. The van der Waals surface area contributed by atoms with Gasteiger partial charge in [-0.05, 0) is 66.6 Å². The van der Waals surface area contributed by atoms with Gasteiger partial charge in [-0.3, -0.25) is 14.7 Å². The summed E-state index contributed by atoms with van der Waals surface area (Å²) in [6.07, 6.45) is -13.6. The average molecular weight is 738 g/mol. The highest BCUT2D eigenvalue weighted by Crippen LogP contribution is 2.49. The van der Waals surface area contributed by atoms with Gasteiger partial charge < -0.3 is 15.8 Å². The Morgan fingerprint density at radius 1 is 1.08 bits per heavy atom. The third-order valence-corrected chi connectivity index (χ3v) is 8.05. The van der Waals surface area contributed by atoms with Crippen LogP contribution in [0, 0.1) is 5.41 Å². The molecule has 1 saturated carbocycles. The maximum absolute atomic E-state index is 14.1. The maximum atomic E-state index is 14.1. The number of nitrogens with zero attached hydrogens (tertiary/aromatic N) is 5. The number of hydrogen-bond donors (Lipinski definition) is 2. The molecule has 3 aromatic rings. The molecule has 1 aliphatic carbocycles. The Balaban J connectivity index is 1.83. The molecule has 1 aliphatic rings. The zero-order chi connectivity index (χ0) is 37.2. The van der Waals surface area contributed by atoms with Crippen LogP contribution >= 0.6 is 11.6 Å². The van der Waals surface area contributed by atoms with Crippen molar-refractivity contribution in [3.63, 3.8) is 0 Å². The molecule has 1 fully saturated rings. The molecule has 1 aromatic heterocycles. The number of ether oxygens (including phenoxy) is 1. The van der Waals surface area contributed by atoms with Crippen LogP contribution in [0.1, 0.15) is 79.8 Å². The van der Waals surface area contributed by atoms with Crippen molar-refractivity contribution in [2.24, 2.45) is 16.1 Å². The van der Waals surface area contributed by atoms with Crippen LogP contribution in [-0.2, 0) is 10.9 Å². The monoisotopic (exact) mass is 737 g/mol. The summed E-state index contributed by atoms with van der Waals surface area (Å²) in [6, 6.07) is 5.22. The number of alkyl carbamates (subject to hydrolysis) is 1. The maximum Gasteiger partial charge on any atom is 0.416 e. The van der Waals surface area contributed by atoms with Gasteiger partial charge in [0.15, 0.2) is 11.8 Å². The van der Waals surface area contributed by atoms with E-state index >= 15 is 0 Å². The predicted molar refractivity (Wildman–Crippen MR) is 165 cm³/mol. The van der Waals surface area contributed by atoms with Crippen LogP contribution in [0.15, 0.2) is 53.8 Å². The average Bonchev–Trinajstić information content (AvgIpc) is 3.63. The number of nitrogens with one attached hydrogen (secondary N) is 1. The molecule has 2 amide bonds. The van der Waals surface area contributed by atoms with Crippen molar-refractivity contribution in [3.8, 4) is 5.69 Å². The molecule has 19 heteroatoms. The molecule has 3 N–H and O–H groups in total. The molecule has 0 radical (unpaired) electrons. The smallest absolute Gasteiger partial charge is 0.416 e. The number of hydrogen-bond acceptors (Lipinski definition) is 6. The van der Waals surface area contributed by atoms with Gasteiger partial charge in [-0.1, -0.05) is 38.4 Å². The minimum absolute atomic E-state index is 0.0147. The Labute approximate surface area is 285 Å². The zero-order valence-electron chi connectivity index (χ0n) is 26.7. The second-order valence-corrected chi connectivity index (χ2v) is 13.1. The van der Waals surface area contributed by atoms with Crippen LogP contribution in [0.5, 0.6) is 0 Å². The topological polar surface area (TPSA) is 128 Å². The van der Waals surface area contributed by atoms with Crippen molar-refractivity contribution in [2.45, 2.75) is 70.4 Å². The molecule has 10 nitrogen and oxygen atoms in total. The van der Waals surface area contributed by atoms with E-state index in [9.17, 15) is 44.7 Å². The fourth-order valence-corrected chi connectivity index (χ4v) is 4.92. The second-order valence-electron chi connectivity index (χ2n) is 12.7. The fraction of sp³-hybridized carbons (Fsp3) is 0.452. The van der Waals surface area contributed by atoms with Crippen LogP contribution in [0.25, 0.3) is 5.69 Å². The molecule has 0 bridgehead atoms. The van der Waals surface area contributed by atoms with Gasteiger partial charge in [0.1, 0.15) is 18.5 Å². The van der Waals surface area contributed by atoms with Crippen molar-refractivity contribution in [1.29, 1.82) is 0 Å². The molecule has 0 saturated heterocycles. The summed E-state index contributed by atoms with van der Waals surface area (Å²) in [5, 5.41) is 5.46. The lowest BCUT2D eigenvalue weighted by Gasteiger charge is -2.32. The summed E-state index contributed by atoms with van der Waals surface area (Å²) < 4.78 is 114. The molecule has 50 heavy (non-hydrogen) atoms. The molecule has 0 aliphatic heterocycles. The first-order valence-corrected chi connectivity index (χ1v) is 15.3. The van der Waals surface area contributed by atoms with Crippen molar-refractivity contribution >= 4 is 29.6 Å². The van der Waals surface area contributed by atoms with Gasteiger partial charge >= 0.3 is 18.4 Å². The summed E-state index contributed by atoms with van der Waals surface area (Å²) in [5.74, 6) is -2.34. The first kappa shape index (κ1) is 38.3. The third kappa shape index (κ3) is 9.00. The van der Waals surface area contributed by atoms with E-state index in [0.29, 0.717) is 23.2 Å². The number of alkyl halides is 8. The summed E-state index contributed by atoms with van der Waals surface area (Å²) in [4.78, 5) is 35.4. The van der Waals surface area contributed by atoms with Gasteiger partial charge in [0.25, 0.3) is 12.3 Å². The van der Waals surface area contributed by atoms with Crippen molar-refractivity contribution in [1.82, 2.24) is 25.0 Å². The van der Waals surface area contributed by atoms with Gasteiger partial charge in [0.05, 0.1) is 22.3 Å². The number of aliphatic imine (C=N–C) groups is 1. The normalized spacial score (nSPS) is 15.5. The highest BCUT2D eigenvalue weighted by atomic mass is 35.5. The number of rotatable bonds is 10. The zero-order valence-corrected chi connectivity index (χ0v) is 27.5. The van der Waals surface area contributed by atoms with Crippen LogP contribution < -0.4 is 11.1 Å². The summed E-state index contributed by atoms with van der Waals surface area (Å²) in [5.41, 5.74) is 2.01. The van der Waals surface area contributed by atoms with E-state index in [1.165, 1.54) is 18.2 Å². The number of aromatic nitrogens is 3. The minimum atomic E-state index is -4.79. The largest absolute Gasteiger partial charge is 0.447 e. The van der Waals surface area contributed by atoms with Crippen molar-refractivity contribution in [2.75, 3.05) is 13.2 Å². The minimum Gasteiger partial charge on any atom is -0.447 e. The lowest BCUT2D eigenvalue weighted by molar-refractivity contribution is -0.164. The Morgan fingerprint density at radius 3 is 2.26 bits per heavy atom. The number of carbonyl (C=O) groups excluding carboxylic acids is 2. The second kappa shape index (κ2) is 14.4. The number of halogens is 9. The molecule has 0 spiro atoms. The number of benzene rings is 2. The van der Waals surface area contributed by atoms with Gasteiger partial charge in [-0.25, -0.2) is 23.2 Å². The molecule has 0 unspecified atom stereocenters. The lowest BCUT2D eigenvalue weighted by Crippen LogP contribution is -2.49. The van der Waals surface area contributed by atoms with Crippen molar-refractivity contribution in [3.05, 3.63) is 76.3 Å². The van der Waals surface area contributed by atoms with Crippen LogP contribution in [0.2, 0.25) is 5.02 Å². The first-order valence-electron chi connectivity index (χ1n) is 14.9. The van der Waals surface area contributed by atoms with Gasteiger partial charge in [0, 0.05) is 12.1 Å². The van der Waals surface area contributed by atoms with E-state index < -0.39 is 79.2 Å². The van der Waals surface area contributed by atoms with Gasteiger partial charge in [-0.2, -0.15) is 31.4 Å². The number of guanidine groups is 1. The van der Waals surface area contributed by atoms with Gasteiger partial charge in [0.2, 0.25) is 0 Å². The molecule has 272 valence electrons. The Bertz CT molecular complexity index is 1720. The highest BCUT2D eigenvalue weighted by molar-refractivity contribution is 6.32. The quantitative estimate of drug-likeness (QED) is 0.125. The van der Waals surface area contributed by atoms with E-state index in [2.05, 4.69) is 15.1 Å². The Morgan fingerprint density at radius 2 is 1.72 bits per heavy atom. The van der Waals surface area contributed by atoms with E-state index in [0.717, 1.165) is 23.4 Å². The highest BCUT2D eigenvalue weighted by Gasteiger charge is 2.64. The van der Waals surface area contributed by atoms with Gasteiger partial charge in [-0.15, -0.1) is 0 Å². The molecule has 1 heterocycles. The predicted octanol–water partition coefficient (Wildman–Crippen LogP) is 7.63. The molecule has 4 rings (SSSR count). The summed E-state index contributed by atoms with van der Waals surface area (Å²) >= 11 is 6.33. The lowest BCUT2D eigenvalue weighted by atomic mass is 9.92. The number of carbonyl (C=O) groups is 2. The van der Waals surface area contributed by atoms with E-state index in [1.54, 1.807) is 5.32 Å². The Kier molecular flexibility index (Phi) is 11.0. The Hall–Kier alpha value is -4.48. The van der Waals surface area contributed by atoms with E-state index in [1.807, 2.05) is 20.8 Å². The fourth-order valence-electron chi connectivity index (χ4n) is 4.72. The molecular formula is C31H32ClF8N7O3. The van der Waals surface area contributed by atoms with E-state index in [4.69, 9.17) is 22.1 Å². The van der Waals surface area contributed by atoms with Crippen molar-refractivity contribution < 1.29 is 49.4 Å². The summed E-state index contributed by atoms with van der Waals surface area (Å²) in [6.45, 7) is 4.87. The summed E-state index contributed by atoms with van der Waals surface area (Å²) in [7, 11) is 0. The van der Waals surface area contributed by atoms with Crippen LogP contribution in [-0.4, -0.2) is 62.5 Å². The SMILES string of the molecule is CC(C)(C)CCN=C(N)N(C(=O)c1ccc(C(F)(F)F)cc1)[C@H](COC(=O)NC1(C(F)(F)F)CC1)c1ccc(Cl)c(-n2ncnc2C(F)F)c1. The molecular weight excluding hydrogens is 706 g/mol. The third-order valence-electron chi connectivity index (χ3n) is 7.73. The molecule has 2 aromatic carbocycles. The van der Waals surface area contributed by atoms with Crippen LogP contribution in [0.3, 0.4) is 0 Å². The number of amides is 2.